The van der Waals surface area contributed by atoms with Gasteiger partial charge in [-0.05, 0) is 32.0 Å². The number of nitrogens with one attached hydrogen (secondary N) is 1. The van der Waals surface area contributed by atoms with Crippen molar-refractivity contribution in [3.8, 4) is 0 Å². The van der Waals surface area contributed by atoms with Crippen molar-refractivity contribution in [3.63, 3.8) is 0 Å². The van der Waals surface area contributed by atoms with E-state index in [2.05, 4.69) is 10.3 Å². The van der Waals surface area contributed by atoms with Gasteiger partial charge in [-0.15, -0.1) is 0 Å². The van der Waals surface area contributed by atoms with E-state index in [1.807, 2.05) is 30.1 Å². The van der Waals surface area contributed by atoms with Crippen LogP contribution in [0.25, 0.3) is 0 Å². The Morgan fingerprint density at radius 2 is 2.24 bits per heavy atom. The quantitative estimate of drug-likeness (QED) is 0.841. The van der Waals surface area contributed by atoms with Crippen molar-refractivity contribution in [1.29, 1.82) is 0 Å². The molecule has 2 rings (SSSR count). The Balaban J connectivity index is 1.85. The van der Waals surface area contributed by atoms with Gasteiger partial charge in [0.25, 0.3) is 0 Å². The van der Waals surface area contributed by atoms with Crippen LogP contribution < -0.4 is 5.32 Å². The number of pyridine rings is 1. The highest BCUT2D eigenvalue weighted by Gasteiger charge is 2.21. The Hall–Kier alpha value is -1.42. The second-order valence-corrected chi connectivity index (χ2v) is 4.44. The van der Waals surface area contributed by atoms with Gasteiger partial charge in [-0.1, -0.05) is 6.07 Å². The highest BCUT2D eigenvalue weighted by molar-refractivity contribution is 5.78. The van der Waals surface area contributed by atoms with Crippen LogP contribution in [0.4, 0.5) is 0 Å². The van der Waals surface area contributed by atoms with Crippen molar-refractivity contribution in [1.82, 2.24) is 15.2 Å². The van der Waals surface area contributed by atoms with E-state index in [4.69, 9.17) is 0 Å². The fourth-order valence-corrected chi connectivity index (χ4v) is 2.19. The number of rotatable bonds is 3. The van der Waals surface area contributed by atoms with Crippen LogP contribution in [0.3, 0.4) is 0 Å². The molecule has 0 aromatic carbocycles. The number of nitrogens with zero attached hydrogens (tertiary/aromatic N) is 2. The fraction of sp³-hybridized carbons (Fsp3) is 0.538. The monoisotopic (exact) mass is 233 g/mol. The van der Waals surface area contributed by atoms with E-state index in [1.165, 1.54) is 0 Å². The number of carbonyl (C=O) groups is 1. The summed E-state index contributed by atoms with van der Waals surface area (Å²) in [7, 11) is 1.98. The van der Waals surface area contributed by atoms with Crippen LogP contribution in [0.2, 0.25) is 0 Å². The van der Waals surface area contributed by atoms with E-state index >= 15 is 0 Å². The van der Waals surface area contributed by atoms with E-state index in [0.29, 0.717) is 12.5 Å². The number of aromatic nitrogens is 1. The summed E-state index contributed by atoms with van der Waals surface area (Å²) in [6, 6.07) is 6.25. The zero-order valence-electron chi connectivity index (χ0n) is 10.2. The lowest BCUT2D eigenvalue weighted by atomic mass is 10.0. The van der Waals surface area contributed by atoms with Crippen molar-refractivity contribution in [2.24, 2.45) is 0 Å². The van der Waals surface area contributed by atoms with Crippen LogP contribution in [-0.2, 0) is 11.2 Å². The first-order chi connectivity index (χ1) is 8.29. The third kappa shape index (κ3) is 3.27. The molecule has 0 atom stereocenters. The number of likely N-dealkylation sites (tertiary alicyclic amines) is 1. The van der Waals surface area contributed by atoms with Gasteiger partial charge in [-0.3, -0.25) is 9.78 Å². The summed E-state index contributed by atoms with van der Waals surface area (Å²) in [5.41, 5.74) is 0.855. The maximum absolute atomic E-state index is 12.0. The second-order valence-electron chi connectivity index (χ2n) is 4.44. The van der Waals surface area contributed by atoms with Crippen LogP contribution in [-0.4, -0.2) is 42.0 Å². The molecule has 92 valence electrons. The standard InChI is InChI=1S/C13H19N3O/c1-14-11-5-8-16(9-6-11)13(17)10-12-4-2-3-7-15-12/h2-4,7,11,14H,5-6,8-10H2,1H3. The normalized spacial score (nSPS) is 17.1. The zero-order chi connectivity index (χ0) is 12.1. The van der Waals surface area contributed by atoms with Gasteiger partial charge in [-0.25, -0.2) is 0 Å². The number of amides is 1. The molecule has 0 spiro atoms. The molecule has 2 heterocycles. The van der Waals surface area contributed by atoms with E-state index in [-0.39, 0.29) is 5.91 Å². The molecule has 0 radical (unpaired) electrons. The largest absolute Gasteiger partial charge is 0.342 e. The van der Waals surface area contributed by atoms with Gasteiger partial charge in [0, 0.05) is 31.0 Å². The van der Waals surface area contributed by atoms with Crippen molar-refractivity contribution in [3.05, 3.63) is 30.1 Å². The summed E-state index contributed by atoms with van der Waals surface area (Å²) in [6.45, 7) is 1.72. The molecule has 1 aromatic heterocycles. The third-order valence-corrected chi connectivity index (χ3v) is 3.31. The van der Waals surface area contributed by atoms with Crippen LogP contribution >= 0.6 is 0 Å². The second kappa shape index (κ2) is 5.77. The van der Waals surface area contributed by atoms with Crippen molar-refractivity contribution >= 4 is 5.91 Å². The molecule has 1 fully saturated rings. The molecule has 1 saturated heterocycles. The van der Waals surface area contributed by atoms with Gasteiger partial charge in [0.15, 0.2) is 0 Å². The predicted octanol–water partition coefficient (Wildman–Crippen LogP) is 0.834. The van der Waals surface area contributed by atoms with Gasteiger partial charge in [0.1, 0.15) is 0 Å². The minimum absolute atomic E-state index is 0.193. The molecule has 4 nitrogen and oxygen atoms in total. The molecule has 1 aliphatic rings. The van der Waals surface area contributed by atoms with E-state index in [0.717, 1.165) is 31.6 Å². The lowest BCUT2D eigenvalue weighted by Gasteiger charge is -2.31. The van der Waals surface area contributed by atoms with Crippen molar-refractivity contribution in [2.75, 3.05) is 20.1 Å². The predicted molar refractivity (Wildman–Crippen MR) is 66.6 cm³/mol. The third-order valence-electron chi connectivity index (χ3n) is 3.31. The first-order valence-electron chi connectivity index (χ1n) is 6.14. The smallest absolute Gasteiger partial charge is 0.228 e. The maximum atomic E-state index is 12.0. The average Bonchev–Trinajstić information content (AvgIpc) is 2.40. The van der Waals surface area contributed by atoms with Gasteiger partial charge in [0.05, 0.1) is 6.42 Å². The van der Waals surface area contributed by atoms with Crippen LogP contribution in [0.5, 0.6) is 0 Å². The molecule has 1 amide bonds. The maximum Gasteiger partial charge on any atom is 0.228 e. The highest BCUT2D eigenvalue weighted by atomic mass is 16.2. The summed E-state index contributed by atoms with van der Waals surface area (Å²) in [6.07, 6.45) is 4.25. The zero-order valence-corrected chi connectivity index (χ0v) is 10.2. The lowest BCUT2D eigenvalue weighted by molar-refractivity contribution is -0.131. The van der Waals surface area contributed by atoms with E-state index in [9.17, 15) is 4.79 Å². The van der Waals surface area contributed by atoms with Crippen molar-refractivity contribution < 1.29 is 4.79 Å². The summed E-state index contributed by atoms with van der Waals surface area (Å²) in [5, 5.41) is 3.26. The van der Waals surface area contributed by atoms with Crippen LogP contribution in [0, 0.1) is 0 Å². The first kappa shape index (κ1) is 12.0. The molecular weight excluding hydrogens is 214 g/mol. The molecule has 1 aromatic rings. The van der Waals surface area contributed by atoms with Crippen LogP contribution in [0.1, 0.15) is 18.5 Å². The molecule has 0 saturated carbocycles. The SMILES string of the molecule is CNC1CCN(C(=O)Cc2ccccn2)CC1. The molecular formula is C13H19N3O. The van der Waals surface area contributed by atoms with E-state index < -0.39 is 0 Å². The van der Waals surface area contributed by atoms with Gasteiger partial charge in [-0.2, -0.15) is 0 Å². The molecule has 17 heavy (non-hydrogen) atoms. The molecule has 0 aliphatic carbocycles. The summed E-state index contributed by atoms with van der Waals surface area (Å²) < 4.78 is 0. The van der Waals surface area contributed by atoms with Gasteiger partial charge < -0.3 is 10.2 Å². The Morgan fingerprint density at radius 1 is 1.47 bits per heavy atom. The minimum Gasteiger partial charge on any atom is -0.342 e. The molecule has 0 bridgehead atoms. The Bertz CT molecular complexity index is 358. The summed E-state index contributed by atoms with van der Waals surface area (Å²) in [4.78, 5) is 18.2. The minimum atomic E-state index is 0.193. The van der Waals surface area contributed by atoms with Gasteiger partial charge in [0.2, 0.25) is 5.91 Å². The number of hydrogen-bond acceptors (Lipinski definition) is 3. The number of hydrogen-bond donors (Lipinski definition) is 1. The first-order valence-corrected chi connectivity index (χ1v) is 6.14. The Labute approximate surface area is 102 Å². The molecule has 1 aliphatic heterocycles. The van der Waals surface area contributed by atoms with E-state index in [1.54, 1.807) is 6.20 Å². The molecule has 1 N–H and O–H groups in total. The lowest BCUT2D eigenvalue weighted by Crippen LogP contribution is -2.44. The van der Waals surface area contributed by atoms with Crippen LogP contribution in [0.15, 0.2) is 24.4 Å². The summed E-state index contributed by atoms with van der Waals surface area (Å²) >= 11 is 0. The molecule has 0 unspecified atom stereocenters. The topological polar surface area (TPSA) is 45.2 Å². The van der Waals surface area contributed by atoms with Crippen molar-refractivity contribution in [2.45, 2.75) is 25.3 Å². The number of piperidine rings is 1. The summed E-state index contributed by atoms with van der Waals surface area (Å²) in [5.74, 6) is 0.193. The highest BCUT2D eigenvalue weighted by Crippen LogP contribution is 2.11. The number of carbonyl (C=O) groups excluding carboxylic acids is 1. The fourth-order valence-electron chi connectivity index (χ4n) is 2.19. The van der Waals surface area contributed by atoms with Gasteiger partial charge >= 0.3 is 0 Å². The molecule has 4 heteroatoms. The Kier molecular flexibility index (Phi) is 4.09. The average molecular weight is 233 g/mol. The Morgan fingerprint density at radius 3 is 2.82 bits per heavy atom.